The summed E-state index contributed by atoms with van der Waals surface area (Å²) in [7, 11) is 0. The number of carbonyl (C=O) groups excluding carboxylic acids is 4. The molecular formula is C22H32N4O5. The van der Waals surface area contributed by atoms with Crippen LogP contribution >= 0.6 is 0 Å². The van der Waals surface area contributed by atoms with Gasteiger partial charge in [-0.25, -0.2) is 0 Å². The first-order valence-corrected chi connectivity index (χ1v) is 10.6. The minimum Gasteiger partial charge on any atom is -0.465 e. The van der Waals surface area contributed by atoms with Gasteiger partial charge < -0.3 is 25.6 Å². The monoisotopic (exact) mass is 432 g/mol. The first-order valence-electron chi connectivity index (χ1n) is 10.6. The van der Waals surface area contributed by atoms with Crippen LogP contribution in [0.2, 0.25) is 0 Å². The Morgan fingerprint density at radius 3 is 2.65 bits per heavy atom. The Morgan fingerprint density at radius 2 is 1.97 bits per heavy atom. The summed E-state index contributed by atoms with van der Waals surface area (Å²) in [5, 5.41) is 8.61. The van der Waals surface area contributed by atoms with Gasteiger partial charge in [0.25, 0.3) is 0 Å². The lowest BCUT2D eigenvalue weighted by atomic mass is 10.1. The van der Waals surface area contributed by atoms with Crippen LogP contribution in [0.15, 0.2) is 18.2 Å². The minimum atomic E-state index is -0.890. The van der Waals surface area contributed by atoms with Crippen molar-refractivity contribution in [2.75, 3.05) is 36.9 Å². The molecule has 3 amide bonds. The molecule has 1 unspecified atom stereocenters. The minimum absolute atomic E-state index is 0.0448. The maximum Gasteiger partial charge on any atom is 0.308 e. The van der Waals surface area contributed by atoms with Gasteiger partial charge in [0.05, 0.1) is 19.6 Å². The molecule has 1 saturated heterocycles. The van der Waals surface area contributed by atoms with Gasteiger partial charge in [0.2, 0.25) is 17.7 Å². The predicted molar refractivity (Wildman–Crippen MR) is 118 cm³/mol. The van der Waals surface area contributed by atoms with E-state index in [1.165, 1.54) is 4.90 Å². The van der Waals surface area contributed by atoms with Gasteiger partial charge in [0.15, 0.2) is 0 Å². The van der Waals surface area contributed by atoms with E-state index in [-0.39, 0.29) is 43.2 Å². The Bertz CT molecular complexity index is 824. The molecule has 0 saturated carbocycles. The van der Waals surface area contributed by atoms with Crippen molar-refractivity contribution in [2.45, 2.75) is 46.6 Å². The van der Waals surface area contributed by atoms with Gasteiger partial charge in [0.1, 0.15) is 6.04 Å². The Hall–Kier alpha value is -3.10. The molecule has 0 aromatic heterocycles. The molecule has 1 aromatic carbocycles. The highest BCUT2D eigenvalue weighted by Crippen LogP contribution is 2.23. The SMILES string of the molecule is CCC(=O)Nc1cccc(NCC(=O)N2CCNC(=O)C2CC(=O)OCC(C)C)c1C. The van der Waals surface area contributed by atoms with E-state index >= 15 is 0 Å². The van der Waals surface area contributed by atoms with E-state index in [9.17, 15) is 19.2 Å². The van der Waals surface area contributed by atoms with E-state index in [2.05, 4.69) is 16.0 Å². The van der Waals surface area contributed by atoms with Crippen molar-refractivity contribution in [3.63, 3.8) is 0 Å². The highest BCUT2D eigenvalue weighted by molar-refractivity contribution is 5.94. The van der Waals surface area contributed by atoms with Crippen LogP contribution in [-0.4, -0.2) is 60.9 Å². The van der Waals surface area contributed by atoms with Gasteiger partial charge in [-0.1, -0.05) is 26.8 Å². The molecule has 31 heavy (non-hydrogen) atoms. The number of benzene rings is 1. The van der Waals surface area contributed by atoms with Gasteiger partial charge in [-0.3, -0.25) is 19.2 Å². The van der Waals surface area contributed by atoms with E-state index in [0.717, 1.165) is 5.56 Å². The van der Waals surface area contributed by atoms with Crippen molar-refractivity contribution in [3.8, 4) is 0 Å². The van der Waals surface area contributed by atoms with Crippen LogP contribution in [0.1, 0.15) is 39.2 Å². The predicted octanol–water partition coefficient (Wildman–Crippen LogP) is 1.67. The average molecular weight is 433 g/mol. The number of anilines is 2. The molecule has 1 aromatic rings. The Balaban J connectivity index is 2.02. The van der Waals surface area contributed by atoms with Gasteiger partial charge in [0, 0.05) is 30.9 Å². The van der Waals surface area contributed by atoms with Crippen molar-refractivity contribution in [3.05, 3.63) is 23.8 Å². The summed E-state index contributed by atoms with van der Waals surface area (Å²) < 4.78 is 5.17. The molecule has 1 aliphatic heterocycles. The highest BCUT2D eigenvalue weighted by atomic mass is 16.5. The molecule has 1 fully saturated rings. The second kappa shape index (κ2) is 11.3. The Labute approximate surface area is 182 Å². The lowest BCUT2D eigenvalue weighted by Gasteiger charge is -2.34. The average Bonchev–Trinajstić information content (AvgIpc) is 2.73. The largest absolute Gasteiger partial charge is 0.465 e. The van der Waals surface area contributed by atoms with Gasteiger partial charge in [-0.2, -0.15) is 0 Å². The lowest BCUT2D eigenvalue weighted by Crippen LogP contribution is -2.58. The summed E-state index contributed by atoms with van der Waals surface area (Å²) in [4.78, 5) is 50.4. The molecule has 1 heterocycles. The fourth-order valence-corrected chi connectivity index (χ4v) is 3.17. The van der Waals surface area contributed by atoms with E-state index in [4.69, 9.17) is 4.74 Å². The summed E-state index contributed by atoms with van der Waals surface area (Å²) >= 11 is 0. The molecule has 1 aliphatic rings. The van der Waals surface area contributed by atoms with Crippen LogP contribution in [0.3, 0.4) is 0 Å². The van der Waals surface area contributed by atoms with Crippen LogP contribution in [0, 0.1) is 12.8 Å². The topological polar surface area (TPSA) is 117 Å². The summed E-state index contributed by atoms with van der Waals surface area (Å²) in [6.07, 6.45) is 0.190. The number of piperazine rings is 1. The standard InChI is InChI=1S/C22H32N4O5/c1-5-19(27)25-17-8-6-7-16(15(17)4)24-12-20(28)26-10-9-23-22(30)18(26)11-21(29)31-13-14(2)3/h6-8,14,18,24H,5,9-13H2,1-4H3,(H,23,30)(H,25,27). The zero-order valence-corrected chi connectivity index (χ0v) is 18.6. The molecule has 0 bridgehead atoms. The third-order valence-electron chi connectivity index (χ3n) is 4.95. The summed E-state index contributed by atoms with van der Waals surface area (Å²) in [6.45, 7) is 8.35. The fraction of sp³-hybridized carbons (Fsp3) is 0.545. The quantitative estimate of drug-likeness (QED) is 0.511. The van der Waals surface area contributed by atoms with Crippen molar-refractivity contribution < 1.29 is 23.9 Å². The number of nitrogens with zero attached hydrogens (tertiary/aromatic N) is 1. The first-order chi connectivity index (χ1) is 14.7. The second-order valence-corrected chi connectivity index (χ2v) is 7.91. The smallest absolute Gasteiger partial charge is 0.308 e. The third-order valence-corrected chi connectivity index (χ3v) is 4.95. The molecule has 9 nitrogen and oxygen atoms in total. The second-order valence-electron chi connectivity index (χ2n) is 7.91. The number of carbonyl (C=O) groups is 4. The number of nitrogens with one attached hydrogen (secondary N) is 3. The maximum atomic E-state index is 12.9. The molecule has 9 heteroatoms. The number of rotatable bonds is 9. The molecule has 170 valence electrons. The number of hydrogen-bond donors (Lipinski definition) is 3. The normalized spacial score (nSPS) is 16.0. The van der Waals surface area contributed by atoms with Crippen LogP contribution in [0.5, 0.6) is 0 Å². The van der Waals surface area contributed by atoms with Gasteiger partial charge in [-0.05, 0) is 30.5 Å². The first kappa shape index (κ1) is 24.2. The molecule has 1 atom stereocenters. The Kier molecular flexibility index (Phi) is 8.84. The van der Waals surface area contributed by atoms with E-state index in [0.29, 0.717) is 30.9 Å². The molecule has 0 radical (unpaired) electrons. The third kappa shape index (κ3) is 6.97. The zero-order valence-electron chi connectivity index (χ0n) is 18.6. The Morgan fingerprint density at radius 1 is 1.26 bits per heavy atom. The number of esters is 1. The number of hydrogen-bond acceptors (Lipinski definition) is 6. The van der Waals surface area contributed by atoms with Crippen molar-refractivity contribution in [1.29, 1.82) is 0 Å². The van der Waals surface area contributed by atoms with Crippen LogP contribution in [-0.2, 0) is 23.9 Å². The van der Waals surface area contributed by atoms with E-state index in [1.54, 1.807) is 19.1 Å². The molecular weight excluding hydrogens is 400 g/mol. The summed E-state index contributed by atoms with van der Waals surface area (Å²) in [6, 6.07) is 4.50. The number of amides is 3. The lowest BCUT2D eigenvalue weighted by molar-refractivity contribution is -0.152. The number of ether oxygens (including phenoxy) is 1. The van der Waals surface area contributed by atoms with Crippen molar-refractivity contribution in [1.82, 2.24) is 10.2 Å². The molecule has 3 N–H and O–H groups in total. The maximum absolute atomic E-state index is 12.9. The highest BCUT2D eigenvalue weighted by Gasteiger charge is 2.35. The van der Waals surface area contributed by atoms with Crippen LogP contribution in [0.25, 0.3) is 0 Å². The molecule has 0 aliphatic carbocycles. The summed E-state index contributed by atoms with van der Waals surface area (Å²) in [5.74, 6) is -1.06. The van der Waals surface area contributed by atoms with Gasteiger partial charge >= 0.3 is 5.97 Å². The van der Waals surface area contributed by atoms with E-state index < -0.39 is 12.0 Å². The van der Waals surface area contributed by atoms with Crippen LogP contribution < -0.4 is 16.0 Å². The van der Waals surface area contributed by atoms with Crippen molar-refractivity contribution >= 4 is 35.1 Å². The summed E-state index contributed by atoms with van der Waals surface area (Å²) in [5.41, 5.74) is 2.19. The molecule has 2 rings (SSSR count). The van der Waals surface area contributed by atoms with Crippen LogP contribution in [0.4, 0.5) is 11.4 Å². The fourth-order valence-electron chi connectivity index (χ4n) is 3.17. The molecule has 0 spiro atoms. The van der Waals surface area contributed by atoms with Crippen molar-refractivity contribution in [2.24, 2.45) is 5.92 Å². The van der Waals surface area contributed by atoms with Gasteiger partial charge in [-0.15, -0.1) is 0 Å². The zero-order chi connectivity index (χ0) is 23.0. The van der Waals surface area contributed by atoms with E-state index in [1.807, 2.05) is 26.8 Å².